The highest BCUT2D eigenvalue weighted by molar-refractivity contribution is 5.92. The Morgan fingerprint density at radius 1 is 1.12 bits per heavy atom. The molecule has 2 aromatic rings. The predicted octanol–water partition coefficient (Wildman–Crippen LogP) is 5.17. The van der Waals surface area contributed by atoms with Gasteiger partial charge in [-0.05, 0) is 62.1 Å². The molecule has 0 heterocycles. The Morgan fingerprint density at radius 2 is 1.88 bits per heavy atom. The third kappa shape index (κ3) is 4.86. The van der Waals surface area contributed by atoms with E-state index in [1.165, 1.54) is 0 Å². The van der Waals surface area contributed by atoms with Gasteiger partial charge in [-0.1, -0.05) is 24.3 Å². The third-order valence-corrected chi connectivity index (χ3v) is 4.08. The standard InChI is InChI=1S/C21H23NO3/c1-2-24-17-11-13-18(14-12-17)25-20-10-6-5-9-19(20)22-21(23)15-16-7-3-4-8-16/h3,5-7,9-14,16H,2,4,8,15H2,1H3,(H,22,23)/t16-/m1/s1. The van der Waals surface area contributed by atoms with E-state index in [1.807, 2.05) is 55.5 Å². The highest BCUT2D eigenvalue weighted by Gasteiger charge is 2.15. The van der Waals surface area contributed by atoms with E-state index in [9.17, 15) is 4.79 Å². The van der Waals surface area contributed by atoms with Crippen molar-refractivity contribution in [3.8, 4) is 17.2 Å². The molecule has 1 aliphatic carbocycles. The van der Waals surface area contributed by atoms with Crippen molar-refractivity contribution in [2.45, 2.75) is 26.2 Å². The van der Waals surface area contributed by atoms with E-state index in [-0.39, 0.29) is 5.91 Å². The molecule has 1 atom stereocenters. The SMILES string of the molecule is CCOc1ccc(Oc2ccccc2NC(=O)C[C@@H]2C=CCC2)cc1. The fourth-order valence-corrected chi connectivity index (χ4v) is 2.86. The number of ether oxygens (including phenoxy) is 2. The van der Waals surface area contributed by atoms with Gasteiger partial charge in [0.25, 0.3) is 0 Å². The zero-order chi connectivity index (χ0) is 17.5. The zero-order valence-corrected chi connectivity index (χ0v) is 14.4. The quantitative estimate of drug-likeness (QED) is 0.709. The molecular weight excluding hydrogens is 314 g/mol. The number of para-hydroxylation sites is 2. The first-order chi connectivity index (χ1) is 12.2. The van der Waals surface area contributed by atoms with Crippen LogP contribution in [0.25, 0.3) is 0 Å². The van der Waals surface area contributed by atoms with Crippen LogP contribution in [-0.2, 0) is 4.79 Å². The number of hydrogen-bond donors (Lipinski definition) is 1. The number of anilines is 1. The summed E-state index contributed by atoms with van der Waals surface area (Å²) in [5.74, 6) is 2.49. The maximum Gasteiger partial charge on any atom is 0.225 e. The van der Waals surface area contributed by atoms with Crippen LogP contribution in [0.15, 0.2) is 60.7 Å². The Hall–Kier alpha value is -2.75. The van der Waals surface area contributed by atoms with E-state index in [0.29, 0.717) is 36.1 Å². The molecule has 25 heavy (non-hydrogen) atoms. The summed E-state index contributed by atoms with van der Waals surface area (Å²) in [5.41, 5.74) is 0.684. The molecule has 0 radical (unpaired) electrons. The number of carbonyl (C=O) groups is 1. The Kier molecular flexibility index (Phi) is 5.73. The van der Waals surface area contributed by atoms with Crippen molar-refractivity contribution in [1.29, 1.82) is 0 Å². The molecule has 4 nitrogen and oxygen atoms in total. The summed E-state index contributed by atoms with van der Waals surface area (Å²) in [6, 6.07) is 14.9. The minimum Gasteiger partial charge on any atom is -0.494 e. The highest BCUT2D eigenvalue weighted by Crippen LogP contribution is 2.31. The first-order valence-corrected chi connectivity index (χ1v) is 8.71. The lowest BCUT2D eigenvalue weighted by Gasteiger charge is -2.13. The van der Waals surface area contributed by atoms with Crippen LogP contribution in [0.3, 0.4) is 0 Å². The van der Waals surface area contributed by atoms with Crippen molar-refractivity contribution in [2.24, 2.45) is 5.92 Å². The summed E-state index contributed by atoms with van der Waals surface area (Å²) in [6.45, 7) is 2.58. The Labute approximate surface area is 148 Å². The van der Waals surface area contributed by atoms with Gasteiger partial charge in [0.1, 0.15) is 11.5 Å². The van der Waals surface area contributed by atoms with Gasteiger partial charge in [-0.3, -0.25) is 4.79 Å². The lowest BCUT2D eigenvalue weighted by molar-refractivity contribution is -0.116. The van der Waals surface area contributed by atoms with Gasteiger partial charge in [-0.25, -0.2) is 0 Å². The number of nitrogens with one attached hydrogen (secondary N) is 1. The second-order valence-electron chi connectivity index (χ2n) is 6.02. The van der Waals surface area contributed by atoms with E-state index >= 15 is 0 Å². The van der Waals surface area contributed by atoms with Gasteiger partial charge in [-0.2, -0.15) is 0 Å². The second kappa shape index (κ2) is 8.38. The van der Waals surface area contributed by atoms with Gasteiger partial charge in [0.05, 0.1) is 12.3 Å². The van der Waals surface area contributed by atoms with E-state index < -0.39 is 0 Å². The molecule has 0 saturated heterocycles. The molecule has 0 aliphatic heterocycles. The number of carbonyl (C=O) groups excluding carboxylic acids is 1. The summed E-state index contributed by atoms with van der Waals surface area (Å²) in [7, 11) is 0. The van der Waals surface area contributed by atoms with Gasteiger partial charge in [0.15, 0.2) is 5.75 Å². The van der Waals surface area contributed by atoms with Crippen molar-refractivity contribution < 1.29 is 14.3 Å². The average molecular weight is 337 g/mol. The fraction of sp³-hybridized carbons (Fsp3) is 0.286. The summed E-state index contributed by atoms with van der Waals surface area (Å²) in [6.07, 6.45) is 6.89. The Bertz CT molecular complexity index is 737. The van der Waals surface area contributed by atoms with Crippen LogP contribution in [0, 0.1) is 5.92 Å². The molecule has 130 valence electrons. The normalized spacial score (nSPS) is 15.8. The van der Waals surface area contributed by atoms with Crippen LogP contribution < -0.4 is 14.8 Å². The smallest absolute Gasteiger partial charge is 0.225 e. The molecule has 3 rings (SSSR count). The molecule has 0 saturated carbocycles. The monoisotopic (exact) mass is 337 g/mol. The molecule has 1 aliphatic rings. The minimum absolute atomic E-state index is 0.0132. The molecule has 0 unspecified atom stereocenters. The van der Waals surface area contributed by atoms with Crippen LogP contribution in [-0.4, -0.2) is 12.5 Å². The first-order valence-electron chi connectivity index (χ1n) is 8.71. The van der Waals surface area contributed by atoms with Gasteiger partial charge in [0, 0.05) is 6.42 Å². The lowest BCUT2D eigenvalue weighted by Crippen LogP contribution is -2.15. The summed E-state index contributed by atoms with van der Waals surface area (Å²) in [4.78, 5) is 12.3. The zero-order valence-electron chi connectivity index (χ0n) is 14.4. The lowest BCUT2D eigenvalue weighted by atomic mass is 10.1. The van der Waals surface area contributed by atoms with Crippen LogP contribution in [0.5, 0.6) is 17.2 Å². The van der Waals surface area contributed by atoms with Gasteiger partial charge in [-0.15, -0.1) is 0 Å². The van der Waals surface area contributed by atoms with Crippen molar-refractivity contribution >= 4 is 11.6 Å². The summed E-state index contributed by atoms with van der Waals surface area (Å²) in [5, 5.41) is 2.97. The maximum absolute atomic E-state index is 12.3. The number of rotatable bonds is 7. The van der Waals surface area contributed by atoms with Crippen LogP contribution in [0.1, 0.15) is 26.2 Å². The summed E-state index contributed by atoms with van der Waals surface area (Å²) < 4.78 is 11.4. The van der Waals surface area contributed by atoms with E-state index in [4.69, 9.17) is 9.47 Å². The number of amides is 1. The van der Waals surface area contributed by atoms with E-state index in [1.54, 1.807) is 0 Å². The third-order valence-electron chi connectivity index (χ3n) is 4.08. The van der Waals surface area contributed by atoms with Crippen molar-refractivity contribution in [3.05, 3.63) is 60.7 Å². The van der Waals surface area contributed by atoms with Crippen molar-refractivity contribution in [2.75, 3.05) is 11.9 Å². The van der Waals surface area contributed by atoms with Crippen molar-refractivity contribution in [3.63, 3.8) is 0 Å². The van der Waals surface area contributed by atoms with Gasteiger partial charge < -0.3 is 14.8 Å². The highest BCUT2D eigenvalue weighted by atomic mass is 16.5. The molecule has 4 heteroatoms. The number of benzene rings is 2. The van der Waals surface area contributed by atoms with E-state index in [2.05, 4.69) is 17.5 Å². The first kappa shape index (κ1) is 17.1. The Balaban J connectivity index is 1.65. The molecule has 0 spiro atoms. The van der Waals surface area contributed by atoms with E-state index in [0.717, 1.165) is 18.6 Å². The molecule has 0 bridgehead atoms. The number of allylic oxidation sites excluding steroid dienone is 2. The maximum atomic E-state index is 12.3. The molecule has 0 aromatic heterocycles. The second-order valence-corrected chi connectivity index (χ2v) is 6.02. The topological polar surface area (TPSA) is 47.6 Å². The molecule has 0 fully saturated rings. The van der Waals surface area contributed by atoms with Crippen molar-refractivity contribution in [1.82, 2.24) is 0 Å². The molecule has 1 N–H and O–H groups in total. The minimum atomic E-state index is 0.0132. The van der Waals surface area contributed by atoms with Crippen LogP contribution in [0.2, 0.25) is 0 Å². The number of hydrogen-bond acceptors (Lipinski definition) is 3. The van der Waals surface area contributed by atoms with Crippen LogP contribution >= 0.6 is 0 Å². The largest absolute Gasteiger partial charge is 0.494 e. The predicted molar refractivity (Wildman–Crippen MR) is 99.2 cm³/mol. The van der Waals surface area contributed by atoms with Gasteiger partial charge >= 0.3 is 0 Å². The average Bonchev–Trinajstić information content (AvgIpc) is 3.11. The molecule has 1 amide bonds. The van der Waals surface area contributed by atoms with Crippen LogP contribution in [0.4, 0.5) is 5.69 Å². The Morgan fingerprint density at radius 3 is 2.60 bits per heavy atom. The fourth-order valence-electron chi connectivity index (χ4n) is 2.86. The molecular formula is C21H23NO3. The molecule has 2 aromatic carbocycles. The summed E-state index contributed by atoms with van der Waals surface area (Å²) >= 11 is 0. The van der Waals surface area contributed by atoms with Gasteiger partial charge in [0.2, 0.25) is 5.91 Å².